The van der Waals surface area contributed by atoms with Gasteiger partial charge in [0.2, 0.25) is 5.91 Å². The molecule has 80 valence electrons. The number of carbonyl (C=O) groups excluding carboxylic acids is 1. The van der Waals surface area contributed by atoms with E-state index in [0.717, 1.165) is 31.7 Å². The fraction of sp³-hybridized carbons (Fsp3) is 0.455. The van der Waals surface area contributed by atoms with Gasteiger partial charge in [0.05, 0.1) is 12.2 Å². The van der Waals surface area contributed by atoms with Crippen molar-refractivity contribution in [1.82, 2.24) is 15.2 Å². The summed E-state index contributed by atoms with van der Waals surface area (Å²) in [5, 5.41) is 2.86. The van der Waals surface area contributed by atoms with Crippen molar-refractivity contribution in [1.29, 1.82) is 0 Å². The SMILES string of the molecule is O=C1CN(Cc2ccccn2)CCCN1. The molecule has 1 amide bonds. The predicted octanol–water partition coefficient (Wildman–Crippen LogP) is 0.404. The Morgan fingerprint density at radius 3 is 3.20 bits per heavy atom. The molecule has 0 unspecified atom stereocenters. The van der Waals surface area contributed by atoms with E-state index in [2.05, 4.69) is 15.2 Å². The fourth-order valence-corrected chi connectivity index (χ4v) is 1.72. The van der Waals surface area contributed by atoms with E-state index in [1.807, 2.05) is 18.2 Å². The average Bonchev–Trinajstić information content (AvgIpc) is 2.44. The molecular weight excluding hydrogens is 190 g/mol. The minimum atomic E-state index is 0.114. The van der Waals surface area contributed by atoms with Crippen molar-refractivity contribution in [2.45, 2.75) is 13.0 Å². The van der Waals surface area contributed by atoms with E-state index in [0.29, 0.717) is 6.54 Å². The molecule has 15 heavy (non-hydrogen) atoms. The summed E-state index contributed by atoms with van der Waals surface area (Å²) in [5.41, 5.74) is 1.02. The summed E-state index contributed by atoms with van der Waals surface area (Å²) in [5.74, 6) is 0.114. The number of nitrogens with one attached hydrogen (secondary N) is 1. The lowest BCUT2D eigenvalue weighted by molar-refractivity contribution is -0.121. The highest BCUT2D eigenvalue weighted by atomic mass is 16.2. The van der Waals surface area contributed by atoms with Crippen molar-refractivity contribution < 1.29 is 4.79 Å². The summed E-state index contributed by atoms with van der Waals surface area (Å²) in [6, 6.07) is 5.86. The molecule has 1 fully saturated rings. The summed E-state index contributed by atoms with van der Waals surface area (Å²) in [4.78, 5) is 17.7. The highest BCUT2D eigenvalue weighted by molar-refractivity contribution is 5.78. The van der Waals surface area contributed by atoms with Gasteiger partial charge in [-0.2, -0.15) is 0 Å². The van der Waals surface area contributed by atoms with Crippen LogP contribution in [0, 0.1) is 0 Å². The van der Waals surface area contributed by atoms with E-state index in [4.69, 9.17) is 0 Å². The zero-order valence-corrected chi connectivity index (χ0v) is 8.65. The summed E-state index contributed by atoms with van der Waals surface area (Å²) in [6.45, 7) is 2.98. The number of rotatable bonds is 2. The molecule has 1 aliphatic rings. The van der Waals surface area contributed by atoms with Crippen LogP contribution in [0.1, 0.15) is 12.1 Å². The number of hydrogen-bond donors (Lipinski definition) is 1. The second-order valence-electron chi connectivity index (χ2n) is 3.74. The second-order valence-corrected chi connectivity index (χ2v) is 3.74. The molecule has 0 aromatic carbocycles. The lowest BCUT2D eigenvalue weighted by atomic mass is 10.3. The van der Waals surface area contributed by atoms with Crippen molar-refractivity contribution in [2.24, 2.45) is 0 Å². The van der Waals surface area contributed by atoms with Crippen LogP contribution in [0.25, 0.3) is 0 Å². The third-order valence-electron chi connectivity index (χ3n) is 2.45. The van der Waals surface area contributed by atoms with Gasteiger partial charge in [-0.25, -0.2) is 0 Å². The van der Waals surface area contributed by atoms with Crippen LogP contribution in [-0.2, 0) is 11.3 Å². The molecule has 0 atom stereocenters. The first kappa shape index (κ1) is 10.1. The smallest absolute Gasteiger partial charge is 0.234 e. The maximum absolute atomic E-state index is 11.3. The van der Waals surface area contributed by atoms with E-state index >= 15 is 0 Å². The molecule has 1 aliphatic heterocycles. The van der Waals surface area contributed by atoms with Gasteiger partial charge in [0.25, 0.3) is 0 Å². The molecule has 4 heteroatoms. The first-order valence-electron chi connectivity index (χ1n) is 5.23. The maximum Gasteiger partial charge on any atom is 0.234 e. The van der Waals surface area contributed by atoms with Gasteiger partial charge in [-0.3, -0.25) is 14.7 Å². The summed E-state index contributed by atoms with van der Waals surface area (Å²) >= 11 is 0. The Kier molecular flexibility index (Phi) is 3.29. The Morgan fingerprint density at radius 2 is 2.40 bits per heavy atom. The van der Waals surface area contributed by atoms with Gasteiger partial charge in [0.1, 0.15) is 0 Å². The van der Waals surface area contributed by atoms with E-state index in [1.165, 1.54) is 0 Å². The van der Waals surface area contributed by atoms with Gasteiger partial charge in [-0.05, 0) is 18.6 Å². The number of pyridine rings is 1. The lowest BCUT2D eigenvalue weighted by Crippen LogP contribution is -2.32. The van der Waals surface area contributed by atoms with Crippen LogP contribution in [0.15, 0.2) is 24.4 Å². The van der Waals surface area contributed by atoms with Crippen LogP contribution >= 0.6 is 0 Å². The van der Waals surface area contributed by atoms with Crippen molar-refractivity contribution >= 4 is 5.91 Å². The Hall–Kier alpha value is -1.42. The molecule has 1 aromatic heterocycles. The fourth-order valence-electron chi connectivity index (χ4n) is 1.72. The number of aromatic nitrogens is 1. The highest BCUT2D eigenvalue weighted by Gasteiger charge is 2.14. The molecule has 0 saturated carbocycles. The molecule has 0 radical (unpaired) electrons. The van der Waals surface area contributed by atoms with Gasteiger partial charge < -0.3 is 5.32 Å². The predicted molar refractivity (Wildman–Crippen MR) is 57.1 cm³/mol. The molecule has 1 saturated heterocycles. The standard InChI is InChI=1S/C11H15N3O/c15-11-9-14(7-3-6-13-11)8-10-4-1-2-5-12-10/h1-2,4-5H,3,6-9H2,(H,13,15). The molecule has 0 aliphatic carbocycles. The number of amides is 1. The Labute approximate surface area is 89.3 Å². The third-order valence-corrected chi connectivity index (χ3v) is 2.45. The highest BCUT2D eigenvalue weighted by Crippen LogP contribution is 2.03. The van der Waals surface area contributed by atoms with Crippen molar-refractivity contribution in [3.63, 3.8) is 0 Å². The first-order valence-corrected chi connectivity index (χ1v) is 5.23. The van der Waals surface area contributed by atoms with Crippen LogP contribution in [0.3, 0.4) is 0 Å². The molecule has 0 bridgehead atoms. The van der Waals surface area contributed by atoms with Crippen LogP contribution in [0.2, 0.25) is 0 Å². The number of carbonyl (C=O) groups is 1. The quantitative estimate of drug-likeness (QED) is 0.760. The average molecular weight is 205 g/mol. The van der Waals surface area contributed by atoms with Crippen molar-refractivity contribution in [2.75, 3.05) is 19.6 Å². The van der Waals surface area contributed by atoms with Gasteiger partial charge in [-0.15, -0.1) is 0 Å². The Balaban J connectivity index is 1.96. The number of hydrogen-bond acceptors (Lipinski definition) is 3. The van der Waals surface area contributed by atoms with Crippen LogP contribution in [0.5, 0.6) is 0 Å². The van der Waals surface area contributed by atoms with Crippen molar-refractivity contribution in [3.8, 4) is 0 Å². The van der Waals surface area contributed by atoms with Gasteiger partial charge in [0.15, 0.2) is 0 Å². The van der Waals surface area contributed by atoms with Crippen LogP contribution < -0.4 is 5.32 Å². The largest absolute Gasteiger partial charge is 0.355 e. The monoisotopic (exact) mass is 205 g/mol. The molecule has 0 spiro atoms. The molecule has 2 heterocycles. The molecular formula is C11H15N3O. The number of nitrogens with zero attached hydrogens (tertiary/aromatic N) is 2. The first-order chi connectivity index (χ1) is 7.34. The lowest BCUT2D eigenvalue weighted by Gasteiger charge is -2.17. The van der Waals surface area contributed by atoms with Gasteiger partial charge >= 0.3 is 0 Å². The maximum atomic E-state index is 11.3. The van der Waals surface area contributed by atoms with Crippen LogP contribution in [0.4, 0.5) is 0 Å². The van der Waals surface area contributed by atoms with E-state index in [-0.39, 0.29) is 5.91 Å². The van der Waals surface area contributed by atoms with Crippen LogP contribution in [-0.4, -0.2) is 35.4 Å². The summed E-state index contributed by atoms with van der Waals surface area (Å²) in [7, 11) is 0. The van der Waals surface area contributed by atoms with E-state index in [9.17, 15) is 4.79 Å². The Morgan fingerprint density at radius 1 is 1.47 bits per heavy atom. The summed E-state index contributed by atoms with van der Waals surface area (Å²) < 4.78 is 0. The van der Waals surface area contributed by atoms with E-state index in [1.54, 1.807) is 6.20 Å². The second kappa shape index (κ2) is 4.89. The normalized spacial score (nSPS) is 18.3. The minimum Gasteiger partial charge on any atom is -0.355 e. The van der Waals surface area contributed by atoms with E-state index < -0.39 is 0 Å². The van der Waals surface area contributed by atoms with Gasteiger partial charge in [0, 0.05) is 25.8 Å². The van der Waals surface area contributed by atoms with Gasteiger partial charge in [-0.1, -0.05) is 6.07 Å². The zero-order valence-electron chi connectivity index (χ0n) is 8.65. The molecule has 2 rings (SSSR count). The molecule has 1 aromatic rings. The zero-order chi connectivity index (χ0) is 10.5. The Bertz CT molecular complexity index is 326. The van der Waals surface area contributed by atoms with Crippen molar-refractivity contribution in [3.05, 3.63) is 30.1 Å². The summed E-state index contributed by atoms with van der Waals surface area (Å²) in [6.07, 6.45) is 2.80. The topological polar surface area (TPSA) is 45.2 Å². The third kappa shape index (κ3) is 3.02. The molecule has 4 nitrogen and oxygen atoms in total. The molecule has 1 N–H and O–H groups in total. The minimum absolute atomic E-state index is 0.114.